The molecule has 3 aromatic rings. The van der Waals surface area contributed by atoms with Gasteiger partial charge in [-0.2, -0.15) is 0 Å². The SMILES string of the molecule is CSc1ccc(-c2cnc(NCC=O)c(N(C)Cc3ccccc3)c2)cc1. The highest BCUT2D eigenvalue weighted by Gasteiger charge is 2.12. The summed E-state index contributed by atoms with van der Waals surface area (Å²) in [6.07, 6.45) is 4.76. The van der Waals surface area contributed by atoms with E-state index in [1.54, 1.807) is 11.8 Å². The molecule has 0 saturated carbocycles. The summed E-state index contributed by atoms with van der Waals surface area (Å²) in [4.78, 5) is 18.8. The third-order valence-corrected chi connectivity index (χ3v) is 5.06. The van der Waals surface area contributed by atoms with Crippen LogP contribution in [0.15, 0.2) is 71.8 Å². The first-order chi connectivity index (χ1) is 13.2. The molecule has 3 rings (SSSR count). The molecule has 1 N–H and O–H groups in total. The highest BCUT2D eigenvalue weighted by Crippen LogP contribution is 2.30. The van der Waals surface area contributed by atoms with Gasteiger partial charge in [0.05, 0.1) is 12.2 Å². The Bertz CT molecular complexity index is 882. The minimum absolute atomic E-state index is 0.237. The molecule has 0 amide bonds. The van der Waals surface area contributed by atoms with Gasteiger partial charge >= 0.3 is 0 Å². The normalized spacial score (nSPS) is 10.4. The highest BCUT2D eigenvalue weighted by atomic mass is 32.2. The van der Waals surface area contributed by atoms with Gasteiger partial charge in [0.25, 0.3) is 0 Å². The van der Waals surface area contributed by atoms with Gasteiger partial charge in [-0.3, -0.25) is 0 Å². The third-order valence-electron chi connectivity index (χ3n) is 4.32. The highest BCUT2D eigenvalue weighted by molar-refractivity contribution is 7.98. The fourth-order valence-corrected chi connectivity index (χ4v) is 3.31. The Morgan fingerprint density at radius 1 is 1.07 bits per heavy atom. The Balaban J connectivity index is 1.93. The monoisotopic (exact) mass is 377 g/mol. The molecular formula is C22H23N3OS. The number of pyridine rings is 1. The molecule has 1 aromatic heterocycles. The average molecular weight is 378 g/mol. The van der Waals surface area contributed by atoms with E-state index in [0.717, 1.165) is 29.6 Å². The first-order valence-electron chi connectivity index (χ1n) is 8.78. The first-order valence-corrected chi connectivity index (χ1v) is 10.0. The number of hydrogen-bond donors (Lipinski definition) is 1. The topological polar surface area (TPSA) is 45.2 Å². The van der Waals surface area contributed by atoms with E-state index in [9.17, 15) is 4.79 Å². The van der Waals surface area contributed by atoms with Crippen LogP contribution in [-0.2, 0) is 11.3 Å². The summed E-state index contributed by atoms with van der Waals surface area (Å²) in [5.41, 5.74) is 4.36. The summed E-state index contributed by atoms with van der Waals surface area (Å²) in [6, 6.07) is 20.9. The molecule has 0 aliphatic heterocycles. The predicted octanol–water partition coefficient (Wildman–Crippen LogP) is 4.72. The molecule has 0 atom stereocenters. The van der Waals surface area contributed by atoms with Crippen LogP contribution in [0.1, 0.15) is 5.56 Å². The van der Waals surface area contributed by atoms with Crippen LogP contribution in [0.2, 0.25) is 0 Å². The maximum Gasteiger partial charge on any atom is 0.149 e. The zero-order chi connectivity index (χ0) is 19.1. The van der Waals surface area contributed by atoms with Crippen molar-refractivity contribution >= 4 is 29.6 Å². The molecule has 5 heteroatoms. The second-order valence-corrected chi connectivity index (χ2v) is 7.09. The van der Waals surface area contributed by atoms with E-state index >= 15 is 0 Å². The Hall–Kier alpha value is -2.79. The Morgan fingerprint density at radius 2 is 1.81 bits per heavy atom. The average Bonchev–Trinajstić information content (AvgIpc) is 2.73. The number of hydrogen-bond acceptors (Lipinski definition) is 5. The van der Waals surface area contributed by atoms with Gasteiger partial charge in [0, 0.05) is 30.2 Å². The quantitative estimate of drug-likeness (QED) is 0.455. The minimum atomic E-state index is 0.237. The van der Waals surface area contributed by atoms with Crippen LogP contribution >= 0.6 is 11.8 Å². The minimum Gasteiger partial charge on any atom is -0.367 e. The zero-order valence-corrected chi connectivity index (χ0v) is 16.4. The largest absolute Gasteiger partial charge is 0.367 e. The van der Waals surface area contributed by atoms with Gasteiger partial charge in [-0.1, -0.05) is 42.5 Å². The lowest BCUT2D eigenvalue weighted by Gasteiger charge is -2.23. The molecule has 4 nitrogen and oxygen atoms in total. The van der Waals surface area contributed by atoms with Crippen molar-refractivity contribution in [2.45, 2.75) is 11.4 Å². The molecule has 2 aromatic carbocycles. The van der Waals surface area contributed by atoms with Crippen molar-refractivity contribution in [2.75, 3.05) is 30.1 Å². The molecule has 0 unspecified atom stereocenters. The molecule has 138 valence electrons. The second-order valence-electron chi connectivity index (χ2n) is 6.21. The summed E-state index contributed by atoms with van der Waals surface area (Å²) in [6.45, 7) is 0.994. The van der Waals surface area contributed by atoms with Crippen molar-refractivity contribution < 1.29 is 4.79 Å². The molecule has 0 saturated heterocycles. The van der Waals surface area contributed by atoms with Gasteiger partial charge < -0.3 is 15.0 Å². The first kappa shape index (κ1) is 19.0. The van der Waals surface area contributed by atoms with E-state index in [0.29, 0.717) is 5.82 Å². The van der Waals surface area contributed by atoms with E-state index in [1.165, 1.54) is 10.5 Å². The Morgan fingerprint density at radius 3 is 2.48 bits per heavy atom. The van der Waals surface area contributed by atoms with Gasteiger partial charge in [-0.25, -0.2) is 4.98 Å². The van der Waals surface area contributed by atoms with Gasteiger partial charge in [0.1, 0.15) is 12.1 Å². The molecule has 0 aliphatic carbocycles. The number of nitrogens with zero attached hydrogens (tertiary/aromatic N) is 2. The molecule has 0 aliphatic rings. The van der Waals surface area contributed by atoms with Crippen molar-refractivity contribution in [1.29, 1.82) is 0 Å². The van der Waals surface area contributed by atoms with Crippen LogP contribution in [0.4, 0.5) is 11.5 Å². The molecule has 0 radical (unpaired) electrons. The van der Waals surface area contributed by atoms with Crippen LogP contribution in [0.5, 0.6) is 0 Å². The fourth-order valence-electron chi connectivity index (χ4n) is 2.90. The van der Waals surface area contributed by atoms with Crippen LogP contribution < -0.4 is 10.2 Å². The summed E-state index contributed by atoms with van der Waals surface area (Å²) >= 11 is 1.73. The maximum absolute atomic E-state index is 10.8. The number of carbonyl (C=O) groups excluding carboxylic acids is 1. The van der Waals surface area contributed by atoms with Crippen molar-refractivity contribution in [3.8, 4) is 11.1 Å². The Labute approximate surface area is 164 Å². The fraction of sp³-hybridized carbons (Fsp3) is 0.182. The lowest BCUT2D eigenvalue weighted by molar-refractivity contribution is -0.106. The lowest BCUT2D eigenvalue weighted by Crippen LogP contribution is -2.19. The molecule has 0 bridgehead atoms. The summed E-state index contributed by atoms with van der Waals surface area (Å²) in [5, 5.41) is 3.10. The van der Waals surface area contributed by atoms with Gasteiger partial charge in [0.2, 0.25) is 0 Å². The van der Waals surface area contributed by atoms with E-state index < -0.39 is 0 Å². The number of aromatic nitrogens is 1. The lowest BCUT2D eigenvalue weighted by atomic mass is 10.1. The van der Waals surface area contributed by atoms with Crippen molar-refractivity contribution in [1.82, 2.24) is 4.98 Å². The van der Waals surface area contributed by atoms with E-state index in [-0.39, 0.29) is 6.54 Å². The van der Waals surface area contributed by atoms with Gasteiger partial charge in [0.15, 0.2) is 0 Å². The Kier molecular flexibility index (Phi) is 6.49. The third kappa shape index (κ3) is 4.89. The van der Waals surface area contributed by atoms with Gasteiger partial charge in [-0.05, 0) is 35.6 Å². The molecule has 0 spiro atoms. The molecule has 27 heavy (non-hydrogen) atoms. The molecule has 0 fully saturated rings. The van der Waals surface area contributed by atoms with E-state index in [1.807, 2.05) is 31.4 Å². The molecular weight excluding hydrogens is 354 g/mol. The summed E-state index contributed by atoms with van der Waals surface area (Å²) < 4.78 is 0. The van der Waals surface area contributed by atoms with E-state index in [4.69, 9.17) is 0 Å². The van der Waals surface area contributed by atoms with Crippen LogP contribution in [0.3, 0.4) is 0 Å². The van der Waals surface area contributed by atoms with Crippen molar-refractivity contribution in [3.05, 3.63) is 72.4 Å². The predicted molar refractivity (Wildman–Crippen MR) is 115 cm³/mol. The van der Waals surface area contributed by atoms with Crippen LogP contribution in [0.25, 0.3) is 11.1 Å². The smallest absolute Gasteiger partial charge is 0.149 e. The van der Waals surface area contributed by atoms with Gasteiger partial charge in [-0.15, -0.1) is 11.8 Å². The zero-order valence-electron chi connectivity index (χ0n) is 15.6. The standard InChI is InChI=1S/C22H23N3OS/c1-25(16-17-6-4-3-5-7-17)21-14-19(15-24-22(21)23-12-13-26)18-8-10-20(27-2)11-9-18/h3-11,13-15H,12,16H2,1-2H3,(H,23,24). The number of anilines is 2. The van der Waals surface area contributed by atoms with Crippen molar-refractivity contribution in [2.24, 2.45) is 0 Å². The summed E-state index contributed by atoms with van der Waals surface area (Å²) in [5.74, 6) is 0.713. The molecule has 1 heterocycles. The number of aldehydes is 1. The van der Waals surface area contributed by atoms with E-state index in [2.05, 4.69) is 63.9 Å². The maximum atomic E-state index is 10.8. The van der Waals surface area contributed by atoms with Crippen LogP contribution in [0, 0.1) is 0 Å². The number of nitrogens with one attached hydrogen (secondary N) is 1. The van der Waals surface area contributed by atoms with Crippen LogP contribution in [-0.4, -0.2) is 31.1 Å². The summed E-state index contributed by atoms with van der Waals surface area (Å²) in [7, 11) is 2.04. The second kappa shape index (κ2) is 9.24. The number of thioether (sulfide) groups is 1. The van der Waals surface area contributed by atoms with Crippen molar-refractivity contribution in [3.63, 3.8) is 0 Å². The number of carbonyl (C=O) groups is 1. The number of benzene rings is 2. The number of rotatable bonds is 8.